The van der Waals surface area contributed by atoms with Crippen LogP contribution in [0.15, 0.2) is 24.3 Å². The van der Waals surface area contributed by atoms with E-state index in [1.54, 1.807) is 0 Å². The molecule has 1 aromatic heterocycles. The molecular formula is C13H13ClN4O3. The Morgan fingerprint density at radius 3 is 2.76 bits per heavy atom. The zero-order chi connectivity index (χ0) is 15.4. The summed E-state index contributed by atoms with van der Waals surface area (Å²) in [6, 6.07) is 5.56. The van der Waals surface area contributed by atoms with Gasteiger partial charge in [-0.15, -0.1) is 0 Å². The van der Waals surface area contributed by atoms with Crippen molar-refractivity contribution in [2.75, 3.05) is 5.73 Å². The quantitative estimate of drug-likeness (QED) is 0.670. The van der Waals surface area contributed by atoms with E-state index in [0.717, 1.165) is 6.42 Å². The zero-order valence-electron chi connectivity index (χ0n) is 11.2. The van der Waals surface area contributed by atoms with E-state index in [2.05, 4.69) is 9.97 Å². The molecule has 0 atom stereocenters. The van der Waals surface area contributed by atoms with Gasteiger partial charge in [0.1, 0.15) is 22.4 Å². The Hall–Kier alpha value is -2.41. The lowest BCUT2D eigenvalue weighted by atomic mass is 10.3. The molecule has 0 aliphatic heterocycles. The molecule has 0 aliphatic carbocycles. The van der Waals surface area contributed by atoms with Crippen LogP contribution in [0.2, 0.25) is 5.02 Å². The summed E-state index contributed by atoms with van der Waals surface area (Å²) in [5.74, 6) is 1.50. The zero-order valence-corrected chi connectivity index (χ0v) is 12.0. The molecule has 1 heterocycles. The fourth-order valence-corrected chi connectivity index (χ4v) is 1.94. The van der Waals surface area contributed by atoms with Gasteiger partial charge in [-0.25, -0.2) is 4.98 Å². The second kappa shape index (κ2) is 6.36. The fraction of sp³-hybridized carbons (Fsp3) is 0.231. The van der Waals surface area contributed by atoms with Gasteiger partial charge < -0.3 is 10.5 Å². The van der Waals surface area contributed by atoms with E-state index in [1.807, 2.05) is 6.92 Å². The first-order valence-electron chi connectivity index (χ1n) is 6.25. The molecule has 2 N–H and O–H groups in total. The summed E-state index contributed by atoms with van der Waals surface area (Å²) >= 11 is 5.82. The summed E-state index contributed by atoms with van der Waals surface area (Å²) in [5.41, 5.74) is 5.51. The number of ether oxygens (including phenoxy) is 1. The van der Waals surface area contributed by atoms with Crippen molar-refractivity contribution in [3.05, 3.63) is 45.2 Å². The maximum atomic E-state index is 10.7. The van der Waals surface area contributed by atoms with E-state index in [9.17, 15) is 10.1 Å². The number of nitrogens with zero attached hydrogens (tertiary/aromatic N) is 3. The Kier molecular flexibility index (Phi) is 4.54. The number of aryl methyl sites for hydroxylation is 1. The molecular weight excluding hydrogens is 296 g/mol. The molecule has 0 amide bonds. The van der Waals surface area contributed by atoms with Crippen LogP contribution >= 0.6 is 11.6 Å². The van der Waals surface area contributed by atoms with Crippen molar-refractivity contribution in [3.63, 3.8) is 0 Å². The normalized spacial score (nSPS) is 10.4. The predicted octanol–water partition coefficient (Wildman–Crippen LogP) is 3.37. The molecule has 2 aromatic rings. The van der Waals surface area contributed by atoms with E-state index in [0.29, 0.717) is 23.8 Å². The highest BCUT2D eigenvalue weighted by Gasteiger charge is 2.13. The first-order valence-corrected chi connectivity index (χ1v) is 6.62. The Bertz CT molecular complexity index is 678. The molecule has 0 unspecified atom stereocenters. The standard InChI is InChI=1S/C13H13ClN4O3/c1-2-3-12-16-11(15)7-13(17-12)21-8-4-5-10(18(19)20)9(14)6-8/h4-7H,2-3H2,1H3,(H2,15,16,17). The maximum absolute atomic E-state index is 10.7. The molecule has 0 bridgehead atoms. The second-order valence-electron chi connectivity index (χ2n) is 4.27. The number of hydrogen-bond donors (Lipinski definition) is 1. The molecule has 21 heavy (non-hydrogen) atoms. The summed E-state index contributed by atoms with van der Waals surface area (Å²) in [5, 5.41) is 10.7. The number of nitrogen functional groups attached to an aromatic ring is 1. The van der Waals surface area contributed by atoms with E-state index < -0.39 is 4.92 Å². The van der Waals surface area contributed by atoms with Crippen LogP contribution in [-0.4, -0.2) is 14.9 Å². The Labute approximate surface area is 125 Å². The molecule has 0 fully saturated rings. The van der Waals surface area contributed by atoms with Crippen molar-refractivity contribution in [3.8, 4) is 11.6 Å². The number of nitro benzene ring substituents is 1. The minimum absolute atomic E-state index is 0.00619. The summed E-state index contributed by atoms with van der Waals surface area (Å²) in [6.45, 7) is 2.00. The minimum Gasteiger partial charge on any atom is -0.439 e. The Morgan fingerprint density at radius 1 is 1.38 bits per heavy atom. The van der Waals surface area contributed by atoms with Gasteiger partial charge in [0.2, 0.25) is 5.88 Å². The van der Waals surface area contributed by atoms with Crippen LogP contribution in [0, 0.1) is 10.1 Å². The van der Waals surface area contributed by atoms with Gasteiger partial charge in [-0.3, -0.25) is 10.1 Å². The molecule has 110 valence electrons. The highest BCUT2D eigenvalue weighted by atomic mass is 35.5. The number of nitrogens with two attached hydrogens (primary N) is 1. The molecule has 0 aliphatic rings. The van der Waals surface area contributed by atoms with E-state index >= 15 is 0 Å². The number of nitro groups is 1. The Morgan fingerprint density at radius 2 is 2.14 bits per heavy atom. The minimum atomic E-state index is -0.561. The summed E-state index contributed by atoms with van der Waals surface area (Å²) < 4.78 is 5.52. The fourth-order valence-electron chi connectivity index (χ4n) is 1.70. The predicted molar refractivity (Wildman–Crippen MR) is 78.6 cm³/mol. The SMILES string of the molecule is CCCc1nc(N)cc(Oc2ccc([N+](=O)[O-])c(Cl)c2)n1. The van der Waals surface area contributed by atoms with Crippen molar-refractivity contribution in [1.29, 1.82) is 0 Å². The first-order chi connectivity index (χ1) is 9.99. The summed E-state index contributed by atoms with van der Waals surface area (Å²) in [4.78, 5) is 18.4. The monoisotopic (exact) mass is 308 g/mol. The molecule has 0 saturated heterocycles. The number of rotatable bonds is 5. The van der Waals surface area contributed by atoms with Crippen LogP contribution in [0.3, 0.4) is 0 Å². The van der Waals surface area contributed by atoms with Gasteiger partial charge >= 0.3 is 0 Å². The molecule has 0 spiro atoms. The van der Waals surface area contributed by atoms with Crippen molar-refractivity contribution in [1.82, 2.24) is 9.97 Å². The second-order valence-corrected chi connectivity index (χ2v) is 4.68. The van der Waals surface area contributed by atoms with Crippen LogP contribution in [0.4, 0.5) is 11.5 Å². The van der Waals surface area contributed by atoms with Crippen LogP contribution in [-0.2, 0) is 6.42 Å². The van der Waals surface area contributed by atoms with Crippen LogP contribution in [0.1, 0.15) is 19.2 Å². The highest BCUT2D eigenvalue weighted by Crippen LogP contribution is 2.30. The van der Waals surface area contributed by atoms with Gasteiger partial charge in [0.25, 0.3) is 5.69 Å². The van der Waals surface area contributed by atoms with Crippen LogP contribution in [0.25, 0.3) is 0 Å². The number of hydrogen-bond acceptors (Lipinski definition) is 6. The molecule has 0 radical (unpaired) electrons. The lowest BCUT2D eigenvalue weighted by Crippen LogP contribution is -2.01. The smallest absolute Gasteiger partial charge is 0.288 e. The van der Waals surface area contributed by atoms with Crippen molar-refractivity contribution in [2.45, 2.75) is 19.8 Å². The van der Waals surface area contributed by atoms with Gasteiger partial charge in [0.05, 0.1) is 4.92 Å². The molecule has 1 aromatic carbocycles. The summed E-state index contributed by atoms with van der Waals surface area (Å²) in [7, 11) is 0. The van der Waals surface area contributed by atoms with Gasteiger partial charge in [-0.2, -0.15) is 4.98 Å². The third-order valence-corrected chi connectivity index (χ3v) is 2.88. The van der Waals surface area contributed by atoms with Gasteiger partial charge in [0, 0.05) is 24.6 Å². The van der Waals surface area contributed by atoms with E-state index in [1.165, 1.54) is 24.3 Å². The highest BCUT2D eigenvalue weighted by molar-refractivity contribution is 6.32. The van der Waals surface area contributed by atoms with Gasteiger partial charge in [0.15, 0.2) is 0 Å². The number of halogens is 1. The van der Waals surface area contributed by atoms with Crippen LogP contribution in [0.5, 0.6) is 11.6 Å². The maximum Gasteiger partial charge on any atom is 0.288 e. The van der Waals surface area contributed by atoms with E-state index in [-0.39, 0.29) is 16.6 Å². The van der Waals surface area contributed by atoms with E-state index in [4.69, 9.17) is 22.1 Å². The van der Waals surface area contributed by atoms with Gasteiger partial charge in [-0.05, 0) is 12.5 Å². The molecule has 7 nitrogen and oxygen atoms in total. The Balaban J connectivity index is 2.25. The average Bonchev–Trinajstić information content (AvgIpc) is 2.37. The van der Waals surface area contributed by atoms with Crippen LogP contribution < -0.4 is 10.5 Å². The van der Waals surface area contributed by atoms with Gasteiger partial charge in [-0.1, -0.05) is 18.5 Å². The number of benzene rings is 1. The lowest BCUT2D eigenvalue weighted by molar-refractivity contribution is -0.384. The summed E-state index contributed by atoms with van der Waals surface area (Å²) in [6.07, 6.45) is 1.56. The number of aromatic nitrogens is 2. The molecule has 0 saturated carbocycles. The number of anilines is 1. The molecule has 2 rings (SSSR count). The average molecular weight is 309 g/mol. The molecule has 8 heteroatoms. The first kappa shape index (κ1) is 15.0. The third kappa shape index (κ3) is 3.79. The van der Waals surface area contributed by atoms with Crippen molar-refractivity contribution >= 4 is 23.1 Å². The third-order valence-electron chi connectivity index (χ3n) is 2.58. The largest absolute Gasteiger partial charge is 0.439 e. The van der Waals surface area contributed by atoms with Crippen molar-refractivity contribution in [2.24, 2.45) is 0 Å². The lowest BCUT2D eigenvalue weighted by Gasteiger charge is -2.07. The van der Waals surface area contributed by atoms with Crippen molar-refractivity contribution < 1.29 is 9.66 Å². The topological polar surface area (TPSA) is 104 Å².